The zero-order valence-electron chi connectivity index (χ0n) is 9.39. The van der Waals surface area contributed by atoms with E-state index in [9.17, 15) is 0 Å². The smallest absolute Gasteiger partial charge is 0.101 e. The molecule has 1 N–H and O–H groups in total. The minimum atomic E-state index is 0.138. The van der Waals surface area contributed by atoms with Gasteiger partial charge >= 0.3 is 0 Å². The SMILES string of the molecule is CC1(Nc2ccc(Cl)cc2C#N)CCCC1. The molecule has 2 nitrogen and oxygen atoms in total. The van der Waals surface area contributed by atoms with E-state index in [4.69, 9.17) is 16.9 Å². The van der Waals surface area contributed by atoms with Gasteiger partial charge in [0.15, 0.2) is 0 Å². The molecule has 0 atom stereocenters. The predicted molar refractivity (Wildman–Crippen MR) is 66.7 cm³/mol. The lowest BCUT2D eigenvalue weighted by molar-refractivity contribution is 0.533. The quantitative estimate of drug-likeness (QED) is 0.841. The zero-order valence-corrected chi connectivity index (χ0v) is 10.1. The fourth-order valence-corrected chi connectivity index (χ4v) is 2.50. The van der Waals surface area contributed by atoms with Gasteiger partial charge in [0.25, 0.3) is 0 Å². The Morgan fingerprint density at radius 3 is 2.69 bits per heavy atom. The summed E-state index contributed by atoms with van der Waals surface area (Å²) in [7, 11) is 0. The molecule has 0 amide bonds. The highest BCUT2D eigenvalue weighted by molar-refractivity contribution is 6.30. The molecule has 1 aliphatic rings. The zero-order chi connectivity index (χ0) is 11.6. The summed E-state index contributed by atoms with van der Waals surface area (Å²) in [4.78, 5) is 0. The highest BCUT2D eigenvalue weighted by atomic mass is 35.5. The van der Waals surface area contributed by atoms with Crippen LogP contribution in [0.25, 0.3) is 0 Å². The Hall–Kier alpha value is -1.20. The van der Waals surface area contributed by atoms with Crippen LogP contribution in [-0.2, 0) is 0 Å². The summed E-state index contributed by atoms with van der Waals surface area (Å²) in [6, 6.07) is 7.61. The Morgan fingerprint density at radius 1 is 1.38 bits per heavy atom. The van der Waals surface area contributed by atoms with Gasteiger partial charge in [-0.15, -0.1) is 0 Å². The number of nitriles is 1. The van der Waals surface area contributed by atoms with Crippen LogP contribution < -0.4 is 5.32 Å². The number of nitrogens with zero attached hydrogens (tertiary/aromatic N) is 1. The summed E-state index contributed by atoms with van der Waals surface area (Å²) >= 11 is 5.87. The molecule has 1 aromatic rings. The molecule has 16 heavy (non-hydrogen) atoms. The van der Waals surface area contributed by atoms with Crippen LogP contribution in [0.15, 0.2) is 18.2 Å². The molecule has 3 heteroatoms. The maximum atomic E-state index is 9.05. The van der Waals surface area contributed by atoms with Crippen LogP contribution >= 0.6 is 11.6 Å². The normalized spacial score (nSPS) is 18.1. The van der Waals surface area contributed by atoms with E-state index in [-0.39, 0.29) is 5.54 Å². The summed E-state index contributed by atoms with van der Waals surface area (Å²) in [5, 5.41) is 13.1. The van der Waals surface area contributed by atoms with E-state index < -0.39 is 0 Å². The van der Waals surface area contributed by atoms with Crippen molar-refractivity contribution in [3.8, 4) is 6.07 Å². The predicted octanol–water partition coefficient (Wildman–Crippen LogP) is 3.96. The summed E-state index contributed by atoms with van der Waals surface area (Å²) in [5.41, 5.74) is 1.66. The molecule has 2 rings (SSSR count). The van der Waals surface area contributed by atoms with Crippen molar-refractivity contribution < 1.29 is 0 Å². The van der Waals surface area contributed by atoms with Crippen molar-refractivity contribution in [1.29, 1.82) is 5.26 Å². The van der Waals surface area contributed by atoms with E-state index in [1.54, 1.807) is 6.07 Å². The van der Waals surface area contributed by atoms with Gasteiger partial charge in [-0.1, -0.05) is 24.4 Å². The first-order valence-electron chi connectivity index (χ1n) is 5.61. The molecule has 1 saturated carbocycles. The van der Waals surface area contributed by atoms with Crippen molar-refractivity contribution in [2.24, 2.45) is 0 Å². The molecule has 0 aromatic heterocycles. The molecule has 0 heterocycles. The van der Waals surface area contributed by atoms with Crippen molar-refractivity contribution in [2.75, 3.05) is 5.32 Å². The Kier molecular flexibility index (Phi) is 3.07. The van der Waals surface area contributed by atoms with Crippen molar-refractivity contribution >= 4 is 17.3 Å². The van der Waals surface area contributed by atoms with Gasteiger partial charge < -0.3 is 5.32 Å². The van der Waals surface area contributed by atoms with Crippen molar-refractivity contribution in [3.63, 3.8) is 0 Å². The van der Waals surface area contributed by atoms with E-state index in [0.29, 0.717) is 10.6 Å². The van der Waals surface area contributed by atoms with E-state index >= 15 is 0 Å². The number of rotatable bonds is 2. The molecule has 0 spiro atoms. The average molecular weight is 235 g/mol. The topological polar surface area (TPSA) is 35.8 Å². The third-order valence-electron chi connectivity index (χ3n) is 3.25. The number of anilines is 1. The van der Waals surface area contributed by atoms with Crippen LogP contribution in [0, 0.1) is 11.3 Å². The molecule has 1 aliphatic carbocycles. The lowest BCUT2D eigenvalue weighted by Crippen LogP contribution is -2.31. The second-order valence-corrected chi connectivity index (χ2v) is 5.13. The molecule has 84 valence electrons. The molecule has 1 aromatic carbocycles. The Balaban J connectivity index is 2.24. The molecular weight excluding hydrogens is 220 g/mol. The fourth-order valence-electron chi connectivity index (χ4n) is 2.32. The van der Waals surface area contributed by atoms with Crippen LogP contribution in [0.5, 0.6) is 0 Å². The summed E-state index contributed by atoms with van der Waals surface area (Å²) in [6.07, 6.45) is 4.86. The first-order valence-corrected chi connectivity index (χ1v) is 5.99. The lowest BCUT2D eigenvalue weighted by Gasteiger charge is -2.27. The average Bonchev–Trinajstić information content (AvgIpc) is 2.68. The standard InChI is InChI=1S/C13H15ClN2/c1-13(6-2-3-7-13)16-12-5-4-11(14)8-10(12)9-15/h4-5,8,16H,2-3,6-7H2,1H3. The summed E-state index contributed by atoms with van der Waals surface area (Å²) < 4.78 is 0. The monoisotopic (exact) mass is 234 g/mol. The minimum absolute atomic E-state index is 0.138. The van der Waals surface area contributed by atoms with Crippen molar-refractivity contribution in [3.05, 3.63) is 28.8 Å². The Bertz CT molecular complexity index is 428. The van der Waals surface area contributed by atoms with E-state index in [1.807, 2.05) is 12.1 Å². The van der Waals surface area contributed by atoms with Gasteiger partial charge in [0.05, 0.1) is 11.3 Å². The Labute approximate surface area is 101 Å². The van der Waals surface area contributed by atoms with Crippen LogP contribution in [0.3, 0.4) is 0 Å². The van der Waals surface area contributed by atoms with Gasteiger partial charge in [0, 0.05) is 10.6 Å². The second-order valence-electron chi connectivity index (χ2n) is 4.69. The first kappa shape index (κ1) is 11.3. The number of nitrogens with one attached hydrogen (secondary N) is 1. The third-order valence-corrected chi connectivity index (χ3v) is 3.48. The first-order chi connectivity index (χ1) is 7.63. The lowest BCUT2D eigenvalue weighted by atomic mass is 9.99. The molecule has 0 bridgehead atoms. The number of benzene rings is 1. The van der Waals surface area contributed by atoms with Crippen LogP contribution in [0.1, 0.15) is 38.2 Å². The van der Waals surface area contributed by atoms with Gasteiger partial charge in [0.1, 0.15) is 6.07 Å². The maximum absolute atomic E-state index is 9.05. The van der Waals surface area contributed by atoms with E-state index in [1.165, 1.54) is 25.7 Å². The van der Waals surface area contributed by atoms with E-state index in [2.05, 4.69) is 18.3 Å². The summed E-state index contributed by atoms with van der Waals surface area (Å²) in [5.74, 6) is 0. The number of hydrogen-bond donors (Lipinski definition) is 1. The van der Waals surface area contributed by atoms with E-state index in [0.717, 1.165) is 5.69 Å². The van der Waals surface area contributed by atoms with Gasteiger partial charge in [-0.2, -0.15) is 5.26 Å². The minimum Gasteiger partial charge on any atom is -0.379 e. The highest BCUT2D eigenvalue weighted by Gasteiger charge is 2.28. The molecule has 0 radical (unpaired) electrons. The maximum Gasteiger partial charge on any atom is 0.101 e. The van der Waals surface area contributed by atoms with Crippen molar-refractivity contribution in [2.45, 2.75) is 38.1 Å². The number of hydrogen-bond acceptors (Lipinski definition) is 2. The van der Waals surface area contributed by atoms with Gasteiger partial charge in [-0.25, -0.2) is 0 Å². The van der Waals surface area contributed by atoms with Gasteiger partial charge in [-0.05, 0) is 38.0 Å². The molecule has 0 aliphatic heterocycles. The van der Waals surface area contributed by atoms with Crippen LogP contribution in [0.4, 0.5) is 5.69 Å². The van der Waals surface area contributed by atoms with Gasteiger partial charge in [0.2, 0.25) is 0 Å². The molecule has 0 unspecified atom stereocenters. The van der Waals surface area contributed by atoms with Crippen molar-refractivity contribution in [1.82, 2.24) is 0 Å². The fraction of sp³-hybridized carbons (Fsp3) is 0.462. The molecule has 1 fully saturated rings. The molecular formula is C13H15ClN2. The summed E-state index contributed by atoms with van der Waals surface area (Å²) in [6.45, 7) is 2.22. The van der Waals surface area contributed by atoms with Gasteiger partial charge in [-0.3, -0.25) is 0 Å². The largest absolute Gasteiger partial charge is 0.379 e. The van der Waals surface area contributed by atoms with Crippen LogP contribution in [0.2, 0.25) is 5.02 Å². The highest BCUT2D eigenvalue weighted by Crippen LogP contribution is 2.33. The van der Waals surface area contributed by atoms with Crippen LogP contribution in [-0.4, -0.2) is 5.54 Å². The number of halogens is 1. The second kappa shape index (κ2) is 4.35. The Morgan fingerprint density at radius 2 is 2.06 bits per heavy atom. The molecule has 0 saturated heterocycles. The third kappa shape index (κ3) is 2.31.